The second kappa shape index (κ2) is 4.51. The van der Waals surface area contributed by atoms with Gasteiger partial charge in [0.1, 0.15) is 5.94 Å². The molecular weight excluding hydrogens is 152 g/mol. The molecule has 0 radical (unpaired) electrons. The molecule has 1 atom stereocenters. The molecule has 0 fully saturated rings. The van der Waals surface area contributed by atoms with E-state index < -0.39 is 5.60 Å². The molecule has 0 unspecified atom stereocenters. The molecule has 0 aliphatic rings. The van der Waals surface area contributed by atoms with Crippen LogP contribution in [0.2, 0.25) is 0 Å². The van der Waals surface area contributed by atoms with Crippen molar-refractivity contribution in [2.45, 2.75) is 25.4 Å². The average molecular weight is 163 g/mol. The fourth-order valence-electron chi connectivity index (χ4n) is 0.624. The molecule has 0 aliphatic heterocycles. The zero-order valence-corrected chi connectivity index (χ0v) is 6.69. The summed E-state index contributed by atoms with van der Waals surface area (Å²) in [7, 11) is 0. The zero-order chi connectivity index (χ0) is 8.04. The molecule has 0 aromatic carbocycles. The SMILES string of the molecule is C[C@](O)(C=C=O)CCCCl. The monoisotopic (exact) mass is 162 g/mol. The van der Waals surface area contributed by atoms with Gasteiger partial charge in [0.25, 0.3) is 0 Å². The summed E-state index contributed by atoms with van der Waals surface area (Å²) >= 11 is 5.38. The highest BCUT2D eigenvalue weighted by molar-refractivity contribution is 6.17. The van der Waals surface area contributed by atoms with E-state index in [9.17, 15) is 9.90 Å². The molecule has 0 aromatic rings. The van der Waals surface area contributed by atoms with E-state index in [0.29, 0.717) is 18.7 Å². The van der Waals surface area contributed by atoms with Crippen LogP contribution in [-0.4, -0.2) is 22.5 Å². The molecule has 0 rings (SSSR count). The molecule has 58 valence electrons. The van der Waals surface area contributed by atoms with Crippen LogP contribution >= 0.6 is 11.6 Å². The summed E-state index contributed by atoms with van der Waals surface area (Å²) in [5, 5.41) is 9.27. The number of aliphatic hydroxyl groups is 1. The summed E-state index contributed by atoms with van der Waals surface area (Å²) in [5.41, 5.74) is -1.03. The van der Waals surface area contributed by atoms with E-state index in [0.717, 1.165) is 6.08 Å². The van der Waals surface area contributed by atoms with Gasteiger partial charge in [0, 0.05) is 12.0 Å². The lowest BCUT2D eigenvalue weighted by Crippen LogP contribution is -2.20. The van der Waals surface area contributed by atoms with Gasteiger partial charge < -0.3 is 5.11 Å². The van der Waals surface area contributed by atoms with Crippen molar-refractivity contribution in [2.75, 3.05) is 5.88 Å². The number of halogens is 1. The molecule has 0 spiro atoms. The number of hydrogen-bond acceptors (Lipinski definition) is 2. The minimum atomic E-state index is -1.03. The van der Waals surface area contributed by atoms with Gasteiger partial charge in [0.2, 0.25) is 0 Å². The Bertz CT molecular complexity index is 137. The summed E-state index contributed by atoms with van der Waals surface area (Å²) in [5.74, 6) is 2.05. The zero-order valence-electron chi connectivity index (χ0n) is 5.93. The molecule has 0 saturated carbocycles. The molecule has 0 heterocycles. The lowest BCUT2D eigenvalue weighted by molar-refractivity contribution is 0.102. The number of carbonyl (C=O) groups excluding carboxylic acids is 1. The maximum Gasteiger partial charge on any atom is 0.123 e. The Balaban J connectivity index is 3.74. The number of rotatable bonds is 4. The third-order valence-electron chi connectivity index (χ3n) is 1.19. The fourth-order valence-corrected chi connectivity index (χ4v) is 0.757. The van der Waals surface area contributed by atoms with Crippen molar-refractivity contribution >= 4 is 17.5 Å². The third-order valence-corrected chi connectivity index (χ3v) is 1.45. The molecular formula is C7H11ClO2. The topological polar surface area (TPSA) is 37.3 Å². The largest absolute Gasteiger partial charge is 0.385 e. The van der Waals surface area contributed by atoms with Crippen LogP contribution in [-0.2, 0) is 4.79 Å². The first kappa shape index (κ1) is 9.70. The van der Waals surface area contributed by atoms with Crippen LogP contribution < -0.4 is 0 Å². The number of hydrogen-bond donors (Lipinski definition) is 1. The molecule has 2 nitrogen and oxygen atoms in total. The van der Waals surface area contributed by atoms with E-state index in [4.69, 9.17) is 11.6 Å². The van der Waals surface area contributed by atoms with Crippen LogP contribution in [0.3, 0.4) is 0 Å². The molecule has 1 N–H and O–H groups in total. The molecule has 0 amide bonds. The lowest BCUT2D eigenvalue weighted by atomic mass is 10.0. The Morgan fingerprint density at radius 3 is 2.80 bits per heavy atom. The van der Waals surface area contributed by atoms with E-state index in [1.165, 1.54) is 0 Å². The van der Waals surface area contributed by atoms with Gasteiger partial charge >= 0.3 is 0 Å². The van der Waals surface area contributed by atoms with Crippen LogP contribution in [0.1, 0.15) is 19.8 Å². The highest BCUT2D eigenvalue weighted by Crippen LogP contribution is 2.12. The lowest BCUT2D eigenvalue weighted by Gasteiger charge is -2.15. The minimum Gasteiger partial charge on any atom is -0.385 e. The Hall–Kier alpha value is -0.300. The first-order valence-electron chi connectivity index (χ1n) is 3.13. The van der Waals surface area contributed by atoms with Crippen molar-refractivity contribution in [1.29, 1.82) is 0 Å². The van der Waals surface area contributed by atoms with Crippen molar-refractivity contribution < 1.29 is 9.90 Å². The minimum absolute atomic E-state index is 0.503. The Labute approximate surface area is 65.5 Å². The summed E-state index contributed by atoms with van der Waals surface area (Å²) in [6, 6.07) is 0. The summed E-state index contributed by atoms with van der Waals surface area (Å²) in [6.07, 6.45) is 2.32. The first-order chi connectivity index (χ1) is 4.62. The maximum atomic E-state index is 9.81. The van der Waals surface area contributed by atoms with Crippen molar-refractivity contribution in [3.63, 3.8) is 0 Å². The predicted molar refractivity (Wildman–Crippen MR) is 40.8 cm³/mol. The quantitative estimate of drug-likeness (QED) is 0.497. The van der Waals surface area contributed by atoms with Gasteiger partial charge in [-0.15, -0.1) is 11.6 Å². The van der Waals surface area contributed by atoms with Gasteiger partial charge in [-0.2, -0.15) is 0 Å². The van der Waals surface area contributed by atoms with Gasteiger partial charge in [-0.1, -0.05) is 0 Å². The van der Waals surface area contributed by atoms with Crippen LogP contribution in [0.15, 0.2) is 6.08 Å². The van der Waals surface area contributed by atoms with Crippen molar-refractivity contribution in [2.24, 2.45) is 0 Å². The fraction of sp³-hybridized carbons (Fsp3) is 0.714. The molecule has 0 aliphatic carbocycles. The number of alkyl halides is 1. The van der Waals surface area contributed by atoms with E-state index in [2.05, 4.69) is 0 Å². The molecule has 0 aromatic heterocycles. The molecule has 10 heavy (non-hydrogen) atoms. The van der Waals surface area contributed by atoms with Gasteiger partial charge in [0.15, 0.2) is 0 Å². The smallest absolute Gasteiger partial charge is 0.123 e. The van der Waals surface area contributed by atoms with Crippen LogP contribution in [0.4, 0.5) is 0 Å². The van der Waals surface area contributed by atoms with Crippen molar-refractivity contribution in [1.82, 2.24) is 0 Å². The Morgan fingerprint density at radius 1 is 1.80 bits per heavy atom. The second-order valence-electron chi connectivity index (χ2n) is 2.41. The van der Waals surface area contributed by atoms with Gasteiger partial charge in [-0.3, -0.25) is 0 Å². The molecule has 0 bridgehead atoms. The molecule has 0 saturated heterocycles. The summed E-state index contributed by atoms with van der Waals surface area (Å²) in [4.78, 5) is 9.81. The Morgan fingerprint density at radius 2 is 2.40 bits per heavy atom. The van der Waals surface area contributed by atoms with Gasteiger partial charge in [-0.05, 0) is 19.8 Å². The van der Waals surface area contributed by atoms with Crippen LogP contribution in [0, 0.1) is 0 Å². The van der Waals surface area contributed by atoms with E-state index in [1.807, 2.05) is 0 Å². The normalized spacial score (nSPS) is 15.5. The average Bonchev–Trinajstić information content (AvgIpc) is 1.84. The van der Waals surface area contributed by atoms with E-state index in [1.54, 1.807) is 12.9 Å². The summed E-state index contributed by atoms with van der Waals surface area (Å²) < 4.78 is 0. The highest BCUT2D eigenvalue weighted by atomic mass is 35.5. The van der Waals surface area contributed by atoms with Crippen molar-refractivity contribution in [3.8, 4) is 0 Å². The Kier molecular flexibility index (Phi) is 4.37. The van der Waals surface area contributed by atoms with Gasteiger partial charge in [-0.25, -0.2) is 4.79 Å². The third kappa shape index (κ3) is 4.57. The second-order valence-corrected chi connectivity index (χ2v) is 2.79. The summed E-state index contributed by atoms with van der Waals surface area (Å²) in [6.45, 7) is 1.56. The van der Waals surface area contributed by atoms with Crippen molar-refractivity contribution in [3.05, 3.63) is 6.08 Å². The van der Waals surface area contributed by atoms with Gasteiger partial charge in [0.05, 0.1) is 5.60 Å². The maximum absolute atomic E-state index is 9.81. The van der Waals surface area contributed by atoms with Crippen LogP contribution in [0.25, 0.3) is 0 Å². The first-order valence-corrected chi connectivity index (χ1v) is 3.66. The van der Waals surface area contributed by atoms with E-state index in [-0.39, 0.29) is 0 Å². The standard InChI is InChI=1S/C7H11ClO2/c1-7(10,4-6-9)3-2-5-8/h4,10H,2-3,5H2,1H3/t7-/m1/s1. The predicted octanol–water partition coefficient (Wildman–Crippen LogP) is 1.14. The van der Waals surface area contributed by atoms with Crippen LogP contribution in [0.5, 0.6) is 0 Å². The highest BCUT2D eigenvalue weighted by Gasteiger charge is 2.15. The van der Waals surface area contributed by atoms with E-state index >= 15 is 0 Å². The molecule has 3 heteroatoms.